The fraction of sp³-hybridized carbons (Fsp3) is 0.478. The molecule has 0 saturated carbocycles. The van der Waals surface area contributed by atoms with Gasteiger partial charge < -0.3 is 19.2 Å². The first kappa shape index (κ1) is 23.1. The molecule has 1 N–H and O–H groups in total. The molecule has 1 atom stereocenters. The van der Waals surface area contributed by atoms with Gasteiger partial charge in [-0.1, -0.05) is 11.8 Å². The predicted molar refractivity (Wildman–Crippen MR) is 128 cm³/mol. The normalized spacial score (nSPS) is 17.1. The van der Waals surface area contributed by atoms with Gasteiger partial charge in [0.1, 0.15) is 5.00 Å². The van der Waals surface area contributed by atoms with Gasteiger partial charge in [-0.25, -0.2) is 4.79 Å². The van der Waals surface area contributed by atoms with E-state index in [0.29, 0.717) is 40.5 Å². The molecule has 180 valence electrons. The van der Waals surface area contributed by atoms with Crippen molar-refractivity contribution in [3.63, 3.8) is 0 Å². The lowest BCUT2D eigenvalue weighted by atomic mass is 10.1. The van der Waals surface area contributed by atoms with E-state index in [4.69, 9.17) is 13.9 Å². The van der Waals surface area contributed by atoms with Crippen molar-refractivity contribution in [3.05, 3.63) is 34.4 Å². The summed E-state index contributed by atoms with van der Waals surface area (Å²) in [6.45, 7) is 3.42. The molecule has 9 nitrogen and oxygen atoms in total. The van der Waals surface area contributed by atoms with Crippen molar-refractivity contribution in [3.8, 4) is 11.6 Å². The lowest BCUT2D eigenvalue weighted by molar-refractivity contribution is -0.113. The van der Waals surface area contributed by atoms with Crippen molar-refractivity contribution < 1.29 is 23.5 Å². The number of carbonyl (C=O) groups excluding carboxylic acids is 2. The smallest absolute Gasteiger partial charge is 0.341 e. The molecule has 1 saturated heterocycles. The van der Waals surface area contributed by atoms with Crippen LogP contribution in [0.2, 0.25) is 0 Å². The molecule has 4 heterocycles. The number of thioether (sulfide) groups is 1. The first-order valence-corrected chi connectivity index (χ1v) is 13.3. The van der Waals surface area contributed by atoms with Crippen molar-refractivity contribution in [2.75, 3.05) is 24.3 Å². The van der Waals surface area contributed by atoms with Crippen LogP contribution < -0.4 is 5.32 Å². The van der Waals surface area contributed by atoms with Crippen LogP contribution in [0.5, 0.6) is 0 Å². The van der Waals surface area contributed by atoms with Gasteiger partial charge in [0.15, 0.2) is 10.9 Å². The first-order valence-electron chi connectivity index (χ1n) is 11.5. The second-order valence-electron chi connectivity index (χ2n) is 8.15. The Labute approximate surface area is 205 Å². The van der Waals surface area contributed by atoms with Gasteiger partial charge in [-0.3, -0.25) is 9.36 Å². The summed E-state index contributed by atoms with van der Waals surface area (Å²) in [5, 5.41) is 12.7. The Bertz CT molecular complexity index is 1160. The minimum atomic E-state index is -0.371. The Hall–Kier alpha value is -2.63. The number of furan rings is 1. The molecule has 0 aromatic carbocycles. The molecule has 0 radical (unpaired) electrons. The van der Waals surface area contributed by atoms with E-state index < -0.39 is 0 Å². The third-order valence-corrected chi connectivity index (χ3v) is 8.03. The number of nitrogens with one attached hydrogen (secondary N) is 1. The molecular weight excluding hydrogens is 476 g/mol. The Morgan fingerprint density at radius 2 is 2.24 bits per heavy atom. The van der Waals surface area contributed by atoms with Gasteiger partial charge in [-0.05, 0) is 56.7 Å². The second-order valence-corrected chi connectivity index (χ2v) is 10.2. The summed E-state index contributed by atoms with van der Waals surface area (Å²) in [5.41, 5.74) is 1.53. The van der Waals surface area contributed by atoms with Gasteiger partial charge in [0, 0.05) is 11.5 Å². The molecule has 1 amide bonds. The Kier molecular flexibility index (Phi) is 7.02. The molecule has 0 spiro atoms. The van der Waals surface area contributed by atoms with Crippen LogP contribution in [0.15, 0.2) is 28.0 Å². The van der Waals surface area contributed by atoms with Crippen molar-refractivity contribution in [2.45, 2.75) is 56.8 Å². The number of aromatic nitrogens is 3. The third-order valence-electron chi connectivity index (χ3n) is 5.85. The number of nitrogens with zero attached hydrogens (tertiary/aromatic N) is 3. The van der Waals surface area contributed by atoms with Crippen LogP contribution in [0.25, 0.3) is 11.6 Å². The molecule has 2 aliphatic rings. The SMILES string of the molecule is CCOC(=O)c1c(NC(=O)CSc2nnc(-c3ccco3)n2CC2CCCO2)sc2c1CCC2. The summed E-state index contributed by atoms with van der Waals surface area (Å²) in [5.74, 6) is 0.787. The van der Waals surface area contributed by atoms with E-state index in [1.807, 2.05) is 10.6 Å². The highest BCUT2D eigenvalue weighted by Gasteiger charge is 2.29. The number of fused-ring (bicyclic) bond motifs is 1. The summed E-state index contributed by atoms with van der Waals surface area (Å²) >= 11 is 2.78. The zero-order valence-electron chi connectivity index (χ0n) is 18.9. The lowest BCUT2D eigenvalue weighted by Crippen LogP contribution is -2.19. The number of aryl methyl sites for hydroxylation is 1. The molecule has 3 aromatic rings. The molecular formula is C23H26N4O5S2. The maximum atomic E-state index is 12.9. The number of amides is 1. The molecule has 1 aliphatic heterocycles. The number of thiophene rings is 1. The summed E-state index contributed by atoms with van der Waals surface area (Å²) in [4.78, 5) is 26.6. The predicted octanol–water partition coefficient (Wildman–Crippen LogP) is 4.17. The van der Waals surface area contributed by atoms with E-state index in [2.05, 4.69) is 15.5 Å². The maximum Gasteiger partial charge on any atom is 0.341 e. The fourth-order valence-electron chi connectivity index (χ4n) is 4.34. The maximum absolute atomic E-state index is 12.9. The van der Waals surface area contributed by atoms with Crippen LogP contribution in [-0.4, -0.2) is 51.7 Å². The first-order chi connectivity index (χ1) is 16.6. The van der Waals surface area contributed by atoms with Gasteiger partial charge in [0.05, 0.1) is 36.8 Å². The summed E-state index contributed by atoms with van der Waals surface area (Å²) < 4.78 is 18.5. The van der Waals surface area contributed by atoms with Crippen LogP contribution in [0.3, 0.4) is 0 Å². The Morgan fingerprint density at radius 1 is 1.32 bits per heavy atom. The highest BCUT2D eigenvalue weighted by molar-refractivity contribution is 7.99. The molecule has 1 unspecified atom stereocenters. The number of anilines is 1. The number of esters is 1. The average Bonchev–Trinajstić information content (AvgIpc) is 3.61. The zero-order chi connectivity index (χ0) is 23.5. The van der Waals surface area contributed by atoms with Gasteiger partial charge in [0.25, 0.3) is 0 Å². The van der Waals surface area contributed by atoms with Crippen molar-refractivity contribution >= 4 is 40.0 Å². The van der Waals surface area contributed by atoms with E-state index >= 15 is 0 Å². The average molecular weight is 503 g/mol. The third kappa shape index (κ3) is 4.77. The second kappa shape index (κ2) is 10.3. The van der Waals surface area contributed by atoms with Crippen LogP contribution in [0, 0.1) is 0 Å². The van der Waals surface area contributed by atoms with E-state index in [0.717, 1.165) is 49.2 Å². The van der Waals surface area contributed by atoms with Crippen LogP contribution in [0.1, 0.15) is 47.0 Å². The highest BCUT2D eigenvalue weighted by atomic mass is 32.2. The zero-order valence-corrected chi connectivity index (χ0v) is 20.5. The molecule has 0 bridgehead atoms. The minimum absolute atomic E-state index is 0.0820. The largest absolute Gasteiger partial charge is 0.462 e. The van der Waals surface area contributed by atoms with Crippen molar-refractivity contribution in [1.82, 2.24) is 14.8 Å². The monoisotopic (exact) mass is 502 g/mol. The number of rotatable bonds is 9. The number of hydrogen-bond donors (Lipinski definition) is 1. The summed E-state index contributed by atoms with van der Waals surface area (Å²) in [6.07, 6.45) is 6.47. The fourth-order valence-corrected chi connectivity index (χ4v) is 6.39. The van der Waals surface area contributed by atoms with Gasteiger partial charge in [0.2, 0.25) is 11.7 Å². The number of hydrogen-bond acceptors (Lipinski definition) is 9. The standard InChI is InChI=1S/C23H26N4O5S2/c1-2-30-22(29)19-15-7-3-9-17(15)34-21(19)24-18(28)13-33-23-26-25-20(16-8-5-11-32-16)27(23)12-14-6-4-10-31-14/h5,8,11,14H,2-4,6-7,9-10,12-13H2,1H3,(H,24,28). The quantitative estimate of drug-likeness (QED) is 0.343. The lowest BCUT2D eigenvalue weighted by Gasteiger charge is -2.14. The summed E-state index contributed by atoms with van der Waals surface area (Å²) in [6, 6.07) is 3.64. The molecule has 1 fully saturated rings. The van der Waals surface area contributed by atoms with Crippen LogP contribution in [-0.2, 0) is 33.7 Å². The van der Waals surface area contributed by atoms with E-state index in [1.54, 1.807) is 19.3 Å². The van der Waals surface area contributed by atoms with Crippen LogP contribution >= 0.6 is 23.1 Å². The Balaban J connectivity index is 1.30. The van der Waals surface area contributed by atoms with Crippen LogP contribution in [0.4, 0.5) is 5.00 Å². The molecule has 34 heavy (non-hydrogen) atoms. The molecule has 3 aromatic heterocycles. The topological polar surface area (TPSA) is 108 Å². The molecule has 1 aliphatic carbocycles. The number of ether oxygens (including phenoxy) is 2. The van der Waals surface area contributed by atoms with Gasteiger partial charge in [-0.15, -0.1) is 21.5 Å². The van der Waals surface area contributed by atoms with Crippen molar-refractivity contribution in [2.24, 2.45) is 0 Å². The molecule has 11 heteroatoms. The van der Waals surface area contributed by atoms with Gasteiger partial charge >= 0.3 is 5.97 Å². The number of carbonyl (C=O) groups is 2. The molecule has 5 rings (SSSR count). The Morgan fingerprint density at radius 3 is 3.00 bits per heavy atom. The van der Waals surface area contributed by atoms with Crippen molar-refractivity contribution in [1.29, 1.82) is 0 Å². The highest BCUT2D eigenvalue weighted by Crippen LogP contribution is 2.39. The van der Waals surface area contributed by atoms with E-state index in [-0.39, 0.29) is 23.7 Å². The van der Waals surface area contributed by atoms with E-state index in [9.17, 15) is 9.59 Å². The minimum Gasteiger partial charge on any atom is -0.462 e. The van der Waals surface area contributed by atoms with Gasteiger partial charge in [-0.2, -0.15) is 0 Å². The van der Waals surface area contributed by atoms with E-state index in [1.165, 1.54) is 23.1 Å². The summed E-state index contributed by atoms with van der Waals surface area (Å²) in [7, 11) is 0.